The number of halogens is 4. The number of aryl methyl sites for hydroxylation is 1. The summed E-state index contributed by atoms with van der Waals surface area (Å²) in [5, 5.41) is 13.6. The number of nitrogens with two attached hydrogens (primary N) is 1. The Morgan fingerprint density at radius 2 is 1.85 bits per heavy atom. The van der Waals surface area contributed by atoms with Crippen molar-refractivity contribution >= 4 is 35.6 Å². The lowest BCUT2D eigenvalue weighted by molar-refractivity contribution is -0.274. The Kier molecular flexibility index (Phi) is 6.58. The van der Waals surface area contributed by atoms with E-state index in [1.54, 1.807) is 0 Å². The van der Waals surface area contributed by atoms with Gasteiger partial charge >= 0.3 is 6.36 Å². The van der Waals surface area contributed by atoms with Gasteiger partial charge in [0.15, 0.2) is 5.96 Å². The van der Waals surface area contributed by atoms with Crippen molar-refractivity contribution in [2.24, 2.45) is 10.7 Å². The summed E-state index contributed by atoms with van der Waals surface area (Å²) in [5.74, 6) is -0.261. The summed E-state index contributed by atoms with van der Waals surface area (Å²) in [5.41, 5.74) is 7.16. The third-order valence-electron chi connectivity index (χ3n) is 4.20. The zero-order chi connectivity index (χ0) is 18.8. The number of fused-ring (bicyclic) bond motifs is 1. The molecule has 0 saturated carbocycles. The fourth-order valence-corrected chi connectivity index (χ4v) is 2.98. The van der Waals surface area contributed by atoms with Gasteiger partial charge in [-0.3, -0.25) is 0 Å². The first-order chi connectivity index (χ1) is 12.3. The van der Waals surface area contributed by atoms with E-state index in [-0.39, 0.29) is 42.2 Å². The normalized spacial score (nSPS) is 19.2. The van der Waals surface area contributed by atoms with Gasteiger partial charge in [0.05, 0.1) is 6.54 Å². The summed E-state index contributed by atoms with van der Waals surface area (Å²) >= 11 is 0. The van der Waals surface area contributed by atoms with Crippen LogP contribution in [0.5, 0.6) is 5.75 Å². The zero-order valence-electron chi connectivity index (χ0n) is 14.2. The van der Waals surface area contributed by atoms with Gasteiger partial charge in [-0.2, -0.15) is 0 Å². The summed E-state index contributed by atoms with van der Waals surface area (Å²) < 4.78 is 40.2. The third kappa shape index (κ3) is 5.48. The molecule has 0 spiro atoms. The number of alkyl halides is 3. The molecule has 2 aromatic rings. The van der Waals surface area contributed by atoms with Crippen LogP contribution in [0, 0.1) is 0 Å². The summed E-state index contributed by atoms with van der Waals surface area (Å²) in [4.78, 5) is 4.18. The first kappa shape index (κ1) is 21.3. The summed E-state index contributed by atoms with van der Waals surface area (Å²) in [6.45, 7) is 0.0954. The molecule has 0 aromatic heterocycles. The highest BCUT2D eigenvalue weighted by molar-refractivity contribution is 14.0. The van der Waals surface area contributed by atoms with E-state index in [1.165, 1.54) is 24.3 Å². The van der Waals surface area contributed by atoms with Gasteiger partial charge in [0, 0.05) is 5.69 Å². The van der Waals surface area contributed by atoms with Gasteiger partial charge in [-0.05, 0) is 48.2 Å². The van der Waals surface area contributed by atoms with Gasteiger partial charge in [-0.1, -0.05) is 24.3 Å². The van der Waals surface area contributed by atoms with Gasteiger partial charge in [0.1, 0.15) is 11.4 Å². The molecule has 1 aliphatic rings. The Hall–Kier alpha value is -2.01. The van der Waals surface area contributed by atoms with Crippen molar-refractivity contribution in [3.05, 3.63) is 59.7 Å². The van der Waals surface area contributed by atoms with E-state index < -0.39 is 12.0 Å². The molecule has 9 heteroatoms. The molecule has 0 radical (unpaired) electrons. The van der Waals surface area contributed by atoms with Crippen LogP contribution in [0.3, 0.4) is 0 Å². The number of hydrogen-bond donors (Lipinski definition) is 3. The van der Waals surface area contributed by atoms with Crippen LogP contribution < -0.4 is 15.8 Å². The van der Waals surface area contributed by atoms with Crippen LogP contribution in [0.25, 0.3) is 0 Å². The van der Waals surface area contributed by atoms with Crippen LogP contribution >= 0.6 is 24.0 Å². The molecule has 0 aliphatic heterocycles. The van der Waals surface area contributed by atoms with Crippen molar-refractivity contribution in [1.82, 2.24) is 0 Å². The number of anilines is 1. The Bertz CT molecular complexity index is 812. The second-order valence-corrected chi connectivity index (χ2v) is 6.09. The molecule has 5 nitrogen and oxygen atoms in total. The number of aliphatic imine (C=N–C) groups is 1. The van der Waals surface area contributed by atoms with Gasteiger partial charge < -0.3 is 20.9 Å². The Morgan fingerprint density at radius 1 is 1.19 bits per heavy atom. The number of ether oxygens (including phenoxy) is 1. The lowest BCUT2D eigenvalue weighted by atomic mass is 9.96. The first-order valence-electron chi connectivity index (χ1n) is 7.99. The van der Waals surface area contributed by atoms with Crippen LogP contribution in [0.2, 0.25) is 0 Å². The number of benzene rings is 2. The minimum atomic E-state index is -4.73. The molecule has 1 unspecified atom stereocenters. The monoisotopic (exact) mass is 493 g/mol. The maximum Gasteiger partial charge on any atom is 0.573 e. The molecule has 0 bridgehead atoms. The second kappa shape index (κ2) is 8.34. The minimum Gasteiger partial charge on any atom is -0.406 e. The lowest BCUT2D eigenvalue weighted by Gasteiger charge is -2.22. The zero-order valence-corrected chi connectivity index (χ0v) is 16.5. The fraction of sp³-hybridized carbons (Fsp3) is 0.278. The SMILES string of the molecule is I.NC(=NCC1(O)CCc2ccccc21)Nc1ccc(OC(F)(F)F)cc1. The average molecular weight is 493 g/mol. The molecule has 3 rings (SSSR count). The maximum atomic E-state index is 12.1. The number of rotatable bonds is 4. The van der Waals surface area contributed by atoms with Crippen molar-refractivity contribution in [3.8, 4) is 5.75 Å². The lowest BCUT2D eigenvalue weighted by Crippen LogP contribution is -2.30. The van der Waals surface area contributed by atoms with E-state index in [4.69, 9.17) is 5.73 Å². The van der Waals surface area contributed by atoms with E-state index in [2.05, 4.69) is 15.0 Å². The molecular weight excluding hydrogens is 474 g/mol. The van der Waals surface area contributed by atoms with Crippen molar-refractivity contribution in [2.75, 3.05) is 11.9 Å². The van der Waals surface area contributed by atoms with Gasteiger partial charge in [-0.25, -0.2) is 4.99 Å². The number of nitrogens with one attached hydrogen (secondary N) is 1. The van der Waals surface area contributed by atoms with Gasteiger partial charge in [0.25, 0.3) is 0 Å². The number of guanidine groups is 1. The van der Waals surface area contributed by atoms with Gasteiger partial charge in [-0.15, -0.1) is 37.1 Å². The van der Waals surface area contributed by atoms with E-state index in [1.807, 2.05) is 24.3 Å². The van der Waals surface area contributed by atoms with Crippen LogP contribution in [-0.4, -0.2) is 24.0 Å². The standard InChI is InChI=1S/C18H18F3N3O2.HI/c19-18(20,21)26-14-7-5-13(6-8-14)24-16(22)23-11-17(25)10-9-12-3-1-2-4-15(12)17;/h1-8,25H,9-11H2,(H3,22,23,24);1H. The van der Waals surface area contributed by atoms with E-state index in [0.717, 1.165) is 17.5 Å². The molecule has 1 atom stereocenters. The highest BCUT2D eigenvalue weighted by Gasteiger charge is 2.36. The highest BCUT2D eigenvalue weighted by atomic mass is 127. The van der Waals surface area contributed by atoms with Crippen molar-refractivity contribution in [2.45, 2.75) is 24.8 Å². The molecule has 27 heavy (non-hydrogen) atoms. The molecule has 1 aliphatic carbocycles. The van der Waals surface area contributed by atoms with Crippen LogP contribution in [0.15, 0.2) is 53.5 Å². The average Bonchev–Trinajstić information content (AvgIpc) is 2.92. The molecule has 146 valence electrons. The number of nitrogens with zero attached hydrogens (tertiary/aromatic N) is 1. The van der Waals surface area contributed by atoms with Crippen LogP contribution in [0.1, 0.15) is 17.5 Å². The molecule has 0 saturated heterocycles. The molecule has 2 aromatic carbocycles. The first-order valence-corrected chi connectivity index (χ1v) is 7.99. The Morgan fingerprint density at radius 3 is 2.52 bits per heavy atom. The quantitative estimate of drug-likeness (QED) is 0.345. The minimum absolute atomic E-state index is 0. The highest BCUT2D eigenvalue weighted by Crippen LogP contribution is 2.36. The van der Waals surface area contributed by atoms with E-state index in [9.17, 15) is 18.3 Å². The van der Waals surface area contributed by atoms with Crippen LogP contribution in [0.4, 0.5) is 18.9 Å². The smallest absolute Gasteiger partial charge is 0.406 e. The Balaban J connectivity index is 0.00000261. The van der Waals surface area contributed by atoms with Crippen molar-refractivity contribution in [3.63, 3.8) is 0 Å². The second-order valence-electron chi connectivity index (χ2n) is 6.09. The molecule has 0 amide bonds. The van der Waals surface area contributed by atoms with E-state index >= 15 is 0 Å². The molecular formula is C18H19F3IN3O2. The van der Waals surface area contributed by atoms with E-state index in [0.29, 0.717) is 12.1 Å². The molecule has 0 heterocycles. The largest absolute Gasteiger partial charge is 0.573 e. The summed E-state index contributed by atoms with van der Waals surface area (Å²) in [6.07, 6.45) is -3.40. The van der Waals surface area contributed by atoms with Gasteiger partial charge in [0.2, 0.25) is 0 Å². The topological polar surface area (TPSA) is 79.9 Å². The molecule has 4 N–H and O–H groups in total. The maximum absolute atomic E-state index is 12.1. The predicted molar refractivity (Wildman–Crippen MR) is 107 cm³/mol. The van der Waals surface area contributed by atoms with Crippen molar-refractivity contribution in [1.29, 1.82) is 0 Å². The summed E-state index contributed by atoms with van der Waals surface area (Å²) in [7, 11) is 0. The van der Waals surface area contributed by atoms with Crippen molar-refractivity contribution < 1.29 is 23.0 Å². The summed E-state index contributed by atoms with van der Waals surface area (Å²) in [6, 6.07) is 12.8. The number of hydrogen-bond acceptors (Lipinski definition) is 3. The third-order valence-corrected chi connectivity index (χ3v) is 4.20. The Labute approximate surface area is 171 Å². The number of aliphatic hydroxyl groups is 1. The fourth-order valence-electron chi connectivity index (χ4n) is 2.98. The molecule has 0 fully saturated rings. The van der Waals surface area contributed by atoms with Crippen LogP contribution in [-0.2, 0) is 12.0 Å². The predicted octanol–water partition coefficient (Wildman–Crippen LogP) is 3.76.